The second-order valence-corrected chi connectivity index (χ2v) is 8.29. The van der Waals surface area contributed by atoms with E-state index in [1.54, 1.807) is 6.92 Å². The van der Waals surface area contributed by atoms with Gasteiger partial charge in [-0.15, -0.1) is 11.3 Å². The van der Waals surface area contributed by atoms with Gasteiger partial charge in [-0.3, -0.25) is 24.5 Å². The standard InChI is InChI=1S/C22H23N3O8S/c1-2-32-22(29)19-16(13-3-4-13)12-34-21(19)24-17(26)11-33-18(27)9-10-23-20(28)14-5-7-15(8-6-14)25(30)31/h5-8,12-13H,2-4,9-11H2,1H3,(H,23,28)(H,24,26). The second-order valence-electron chi connectivity index (χ2n) is 7.41. The summed E-state index contributed by atoms with van der Waals surface area (Å²) in [7, 11) is 0. The summed E-state index contributed by atoms with van der Waals surface area (Å²) in [6.45, 7) is 1.32. The molecule has 0 unspecified atom stereocenters. The van der Waals surface area contributed by atoms with Gasteiger partial charge in [0.05, 0.1) is 23.5 Å². The number of thiophene rings is 1. The van der Waals surface area contributed by atoms with E-state index >= 15 is 0 Å². The molecule has 1 aliphatic carbocycles. The van der Waals surface area contributed by atoms with E-state index < -0.39 is 35.3 Å². The molecular weight excluding hydrogens is 466 g/mol. The third-order valence-electron chi connectivity index (χ3n) is 4.89. The van der Waals surface area contributed by atoms with Crippen molar-refractivity contribution in [3.63, 3.8) is 0 Å². The number of hydrogen-bond acceptors (Lipinski definition) is 9. The van der Waals surface area contributed by atoms with Gasteiger partial charge in [-0.05, 0) is 48.8 Å². The van der Waals surface area contributed by atoms with Crippen LogP contribution in [0.4, 0.5) is 10.7 Å². The van der Waals surface area contributed by atoms with Crippen LogP contribution in [0.25, 0.3) is 0 Å². The first-order valence-electron chi connectivity index (χ1n) is 10.6. The van der Waals surface area contributed by atoms with Crippen LogP contribution in [0.15, 0.2) is 29.6 Å². The Morgan fingerprint density at radius 2 is 1.85 bits per heavy atom. The summed E-state index contributed by atoms with van der Waals surface area (Å²) in [6, 6.07) is 5.02. The lowest BCUT2D eigenvalue weighted by atomic mass is 10.1. The molecule has 0 spiro atoms. The van der Waals surface area contributed by atoms with E-state index in [9.17, 15) is 29.3 Å². The van der Waals surface area contributed by atoms with Gasteiger partial charge in [-0.1, -0.05) is 0 Å². The lowest BCUT2D eigenvalue weighted by Crippen LogP contribution is -2.27. The van der Waals surface area contributed by atoms with E-state index in [0.29, 0.717) is 16.5 Å². The molecule has 0 atom stereocenters. The van der Waals surface area contributed by atoms with Gasteiger partial charge in [0, 0.05) is 24.2 Å². The van der Waals surface area contributed by atoms with E-state index in [0.717, 1.165) is 18.4 Å². The van der Waals surface area contributed by atoms with Gasteiger partial charge in [0.15, 0.2) is 6.61 Å². The molecular formula is C22H23N3O8S. The largest absolute Gasteiger partial charge is 0.462 e. The van der Waals surface area contributed by atoms with E-state index in [1.807, 2.05) is 5.38 Å². The number of amides is 2. The summed E-state index contributed by atoms with van der Waals surface area (Å²) in [4.78, 5) is 58.6. The molecule has 3 rings (SSSR count). The highest BCUT2D eigenvalue weighted by Gasteiger charge is 2.32. The van der Waals surface area contributed by atoms with Crippen molar-refractivity contribution in [2.24, 2.45) is 0 Å². The number of hydrogen-bond donors (Lipinski definition) is 2. The smallest absolute Gasteiger partial charge is 0.341 e. The molecule has 0 bridgehead atoms. The number of anilines is 1. The highest BCUT2D eigenvalue weighted by atomic mass is 32.1. The van der Waals surface area contributed by atoms with Gasteiger partial charge in [-0.2, -0.15) is 0 Å². The number of benzene rings is 1. The number of carbonyl (C=O) groups is 4. The van der Waals surface area contributed by atoms with Crippen molar-refractivity contribution < 1.29 is 33.6 Å². The zero-order chi connectivity index (χ0) is 24.7. The number of nitrogens with zero attached hydrogens (tertiary/aromatic N) is 1. The predicted molar refractivity (Wildman–Crippen MR) is 122 cm³/mol. The maximum atomic E-state index is 12.3. The Bertz CT molecular complexity index is 1090. The lowest BCUT2D eigenvalue weighted by Gasteiger charge is -2.09. The van der Waals surface area contributed by atoms with Crippen molar-refractivity contribution in [2.45, 2.75) is 32.1 Å². The topological polar surface area (TPSA) is 154 Å². The number of non-ortho nitro benzene ring substituents is 1. The van der Waals surface area contributed by atoms with Crippen LogP contribution in [-0.2, 0) is 19.1 Å². The quantitative estimate of drug-likeness (QED) is 0.277. The van der Waals surface area contributed by atoms with Crippen LogP contribution in [-0.4, -0.2) is 48.4 Å². The highest BCUT2D eigenvalue weighted by molar-refractivity contribution is 7.15. The molecule has 12 heteroatoms. The minimum absolute atomic E-state index is 0.0427. The Balaban J connectivity index is 1.43. The summed E-state index contributed by atoms with van der Waals surface area (Å²) in [6.07, 6.45) is 1.79. The van der Waals surface area contributed by atoms with Crippen LogP contribution in [0.5, 0.6) is 0 Å². The maximum Gasteiger partial charge on any atom is 0.341 e. The average molecular weight is 490 g/mol. The zero-order valence-electron chi connectivity index (χ0n) is 18.3. The predicted octanol–water partition coefficient (Wildman–Crippen LogP) is 3.01. The maximum absolute atomic E-state index is 12.3. The molecule has 1 aromatic carbocycles. The Labute approximate surface area is 198 Å². The van der Waals surface area contributed by atoms with Crippen LogP contribution in [0.2, 0.25) is 0 Å². The fourth-order valence-corrected chi connectivity index (χ4v) is 4.11. The molecule has 180 valence electrons. The van der Waals surface area contributed by atoms with Crippen LogP contribution in [0.1, 0.15) is 58.4 Å². The fraction of sp³-hybridized carbons (Fsp3) is 0.364. The Morgan fingerprint density at radius 3 is 2.47 bits per heavy atom. The first-order valence-corrected chi connectivity index (χ1v) is 11.4. The SMILES string of the molecule is CCOC(=O)c1c(C2CC2)csc1NC(=O)COC(=O)CCNC(=O)c1ccc([N+](=O)[O-])cc1. The normalized spacial score (nSPS) is 12.5. The zero-order valence-corrected chi connectivity index (χ0v) is 19.1. The third kappa shape index (κ3) is 6.61. The Kier molecular flexibility index (Phi) is 8.30. The van der Waals surface area contributed by atoms with Crippen LogP contribution in [0, 0.1) is 10.1 Å². The number of ether oxygens (including phenoxy) is 2. The van der Waals surface area contributed by atoms with Crippen molar-refractivity contribution >= 4 is 45.8 Å². The minimum Gasteiger partial charge on any atom is -0.462 e. The van der Waals surface area contributed by atoms with Crippen LogP contribution < -0.4 is 10.6 Å². The number of esters is 2. The van der Waals surface area contributed by atoms with Gasteiger partial charge in [0.2, 0.25) is 0 Å². The molecule has 0 aliphatic heterocycles. The fourth-order valence-electron chi connectivity index (χ4n) is 3.07. The van der Waals surface area contributed by atoms with E-state index in [4.69, 9.17) is 9.47 Å². The Hall–Kier alpha value is -3.80. The van der Waals surface area contributed by atoms with E-state index in [-0.39, 0.29) is 30.8 Å². The average Bonchev–Trinajstić information content (AvgIpc) is 3.58. The molecule has 2 N–H and O–H groups in total. The highest BCUT2D eigenvalue weighted by Crippen LogP contribution is 2.46. The van der Waals surface area contributed by atoms with Crippen molar-refractivity contribution in [3.8, 4) is 0 Å². The van der Waals surface area contributed by atoms with Crippen LogP contribution in [0.3, 0.4) is 0 Å². The molecule has 2 amide bonds. The number of nitro groups is 1. The van der Waals surface area contributed by atoms with Gasteiger partial charge >= 0.3 is 11.9 Å². The van der Waals surface area contributed by atoms with Gasteiger partial charge in [0.25, 0.3) is 17.5 Å². The summed E-state index contributed by atoms with van der Waals surface area (Å²) >= 11 is 1.22. The Morgan fingerprint density at radius 1 is 1.15 bits per heavy atom. The van der Waals surface area contributed by atoms with Crippen molar-refractivity contribution in [2.75, 3.05) is 25.1 Å². The monoisotopic (exact) mass is 489 g/mol. The number of nitrogens with one attached hydrogen (secondary N) is 2. The van der Waals surface area contributed by atoms with Crippen molar-refractivity contribution in [3.05, 3.63) is 56.5 Å². The van der Waals surface area contributed by atoms with Gasteiger partial charge in [-0.25, -0.2) is 4.79 Å². The van der Waals surface area contributed by atoms with Gasteiger partial charge in [0.1, 0.15) is 5.00 Å². The van der Waals surface area contributed by atoms with Gasteiger partial charge < -0.3 is 20.1 Å². The molecule has 1 saturated carbocycles. The molecule has 0 saturated heterocycles. The minimum atomic E-state index is -0.699. The third-order valence-corrected chi connectivity index (χ3v) is 5.80. The molecule has 2 aromatic rings. The first-order chi connectivity index (χ1) is 16.3. The first kappa shape index (κ1) is 24.8. The molecule has 11 nitrogen and oxygen atoms in total. The summed E-state index contributed by atoms with van der Waals surface area (Å²) in [5, 5.41) is 17.9. The van der Waals surface area contributed by atoms with E-state index in [1.165, 1.54) is 35.6 Å². The molecule has 0 radical (unpaired) electrons. The number of nitro benzene ring substituents is 1. The van der Waals surface area contributed by atoms with Crippen LogP contribution >= 0.6 is 11.3 Å². The lowest BCUT2D eigenvalue weighted by molar-refractivity contribution is -0.384. The van der Waals surface area contributed by atoms with E-state index in [2.05, 4.69) is 10.6 Å². The molecule has 1 aromatic heterocycles. The second kappa shape index (κ2) is 11.4. The summed E-state index contributed by atoms with van der Waals surface area (Å²) in [5.41, 5.74) is 1.28. The molecule has 34 heavy (non-hydrogen) atoms. The van der Waals surface area contributed by atoms with Crippen molar-refractivity contribution in [1.82, 2.24) is 5.32 Å². The molecule has 1 heterocycles. The number of rotatable bonds is 11. The van der Waals surface area contributed by atoms with Crippen molar-refractivity contribution in [1.29, 1.82) is 0 Å². The summed E-state index contributed by atoms with van der Waals surface area (Å²) in [5.74, 6) is -2.01. The summed E-state index contributed by atoms with van der Waals surface area (Å²) < 4.78 is 10.0. The molecule has 1 aliphatic rings. The molecule has 1 fully saturated rings. The number of carbonyl (C=O) groups excluding carboxylic acids is 4.